The van der Waals surface area contributed by atoms with E-state index >= 15 is 0 Å². The third-order valence-electron chi connectivity index (χ3n) is 5.09. The van der Waals surface area contributed by atoms with Gasteiger partial charge in [-0.05, 0) is 56.2 Å². The van der Waals surface area contributed by atoms with E-state index in [-0.39, 0.29) is 5.91 Å². The predicted molar refractivity (Wildman–Crippen MR) is 87.3 cm³/mol. The van der Waals surface area contributed by atoms with E-state index < -0.39 is 0 Å². The Labute approximate surface area is 136 Å². The van der Waals surface area contributed by atoms with Crippen molar-refractivity contribution in [2.24, 2.45) is 0 Å². The van der Waals surface area contributed by atoms with Gasteiger partial charge >= 0.3 is 0 Å². The van der Waals surface area contributed by atoms with Crippen LogP contribution in [0.15, 0.2) is 24.5 Å². The van der Waals surface area contributed by atoms with Crippen molar-refractivity contribution in [2.45, 2.75) is 44.4 Å². The lowest BCUT2D eigenvalue weighted by molar-refractivity contribution is 0.0705. The second-order valence-corrected chi connectivity index (χ2v) is 6.64. The van der Waals surface area contributed by atoms with E-state index in [1.165, 1.54) is 24.1 Å². The molecular weight excluding hydrogens is 288 g/mol. The highest BCUT2D eigenvalue weighted by atomic mass is 16.2. The van der Waals surface area contributed by atoms with Gasteiger partial charge in [0.2, 0.25) is 0 Å². The highest BCUT2D eigenvalue weighted by molar-refractivity contribution is 5.94. The van der Waals surface area contributed by atoms with Crippen molar-refractivity contribution in [1.82, 2.24) is 20.1 Å². The van der Waals surface area contributed by atoms with Crippen LogP contribution in [0.25, 0.3) is 0 Å². The number of carbonyl (C=O) groups excluding carboxylic acids is 1. The number of hydrogen-bond donors (Lipinski definition) is 1. The summed E-state index contributed by atoms with van der Waals surface area (Å²) in [5.74, 6) is 0.482. The zero-order valence-corrected chi connectivity index (χ0v) is 13.3. The Kier molecular flexibility index (Phi) is 3.85. The van der Waals surface area contributed by atoms with E-state index in [2.05, 4.69) is 21.2 Å². The number of likely N-dealkylation sites (tertiary alicyclic amines) is 1. The van der Waals surface area contributed by atoms with Crippen LogP contribution in [0.1, 0.15) is 58.9 Å². The number of hydrogen-bond acceptors (Lipinski definition) is 3. The van der Waals surface area contributed by atoms with E-state index in [0.29, 0.717) is 5.92 Å². The average Bonchev–Trinajstić information content (AvgIpc) is 3.15. The van der Waals surface area contributed by atoms with Gasteiger partial charge in [0.15, 0.2) is 0 Å². The molecule has 23 heavy (non-hydrogen) atoms. The fraction of sp³-hybridized carbons (Fsp3) is 0.500. The Hall–Kier alpha value is -2.17. The minimum Gasteiger partial charge on any atom is -0.338 e. The first kappa shape index (κ1) is 14.4. The molecule has 1 atom stereocenters. The van der Waals surface area contributed by atoms with Gasteiger partial charge < -0.3 is 4.90 Å². The van der Waals surface area contributed by atoms with Gasteiger partial charge in [-0.2, -0.15) is 5.10 Å². The van der Waals surface area contributed by atoms with E-state index in [9.17, 15) is 4.79 Å². The summed E-state index contributed by atoms with van der Waals surface area (Å²) in [4.78, 5) is 19.4. The summed E-state index contributed by atoms with van der Waals surface area (Å²) in [6.07, 6.45) is 10.2. The lowest BCUT2D eigenvalue weighted by atomic mass is 9.93. The number of piperidine rings is 1. The van der Waals surface area contributed by atoms with Gasteiger partial charge in [0, 0.05) is 42.8 Å². The molecule has 0 saturated carbocycles. The number of pyridine rings is 1. The quantitative estimate of drug-likeness (QED) is 0.927. The van der Waals surface area contributed by atoms with E-state index in [0.717, 1.165) is 50.0 Å². The normalized spacial score (nSPS) is 21.0. The van der Waals surface area contributed by atoms with Crippen LogP contribution in [-0.2, 0) is 12.8 Å². The lowest BCUT2D eigenvalue weighted by Gasteiger charge is -2.32. The molecule has 120 valence electrons. The van der Waals surface area contributed by atoms with E-state index in [1.807, 2.05) is 11.0 Å². The first-order valence-electron chi connectivity index (χ1n) is 8.57. The third kappa shape index (κ3) is 2.87. The summed E-state index contributed by atoms with van der Waals surface area (Å²) in [5, 5.41) is 7.08. The van der Waals surface area contributed by atoms with Crippen molar-refractivity contribution in [3.8, 4) is 0 Å². The number of H-pyrrole nitrogens is 1. The van der Waals surface area contributed by atoms with Crippen LogP contribution < -0.4 is 0 Å². The van der Waals surface area contributed by atoms with Gasteiger partial charge in [-0.1, -0.05) is 0 Å². The molecule has 2 aliphatic rings. The van der Waals surface area contributed by atoms with Crippen LogP contribution in [0.4, 0.5) is 0 Å². The van der Waals surface area contributed by atoms with E-state index in [1.54, 1.807) is 12.4 Å². The van der Waals surface area contributed by atoms with Gasteiger partial charge in [0.1, 0.15) is 0 Å². The molecule has 5 nitrogen and oxygen atoms in total. The standard InChI is InChI=1S/C18H22N4O/c23-18(15-10-13-4-1-2-6-16(13)19-11-15)22-9-3-5-14(12-22)17-7-8-20-21-17/h7-8,10-11,14H,1-6,9,12H2,(H,20,21). The van der Waals surface area contributed by atoms with Gasteiger partial charge in [0.05, 0.1) is 5.56 Å². The number of nitrogens with one attached hydrogen (secondary N) is 1. The lowest BCUT2D eigenvalue weighted by Crippen LogP contribution is -2.39. The Balaban J connectivity index is 1.52. The molecule has 1 fully saturated rings. The van der Waals surface area contributed by atoms with Crippen LogP contribution in [0.3, 0.4) is 0 Å². The molecule has 0 radical (unpaired) electrons. The van der Waals surface area contributed by atoms with Crippen LogP contribution in [-0.4, -0.2) is 39.1 Å². The highest BCUT2D eigenvalue weighted by Crippen LogP contribution is 2.27. The van der Waals surface area contributed by atoms with Crippen molar-refractivity contribution in [3.05, 3.63) is 47.0 Å². The molecule has 0 spiro atoms. The molecule has 2 aromatic heterocycles. The molecular formula is C18H22N4O. The second-order valence-electron chi connectivity index (χ2n) is 6.64. The van der Waals surface area contributed by atoms with Crippen molar-refractivity contribution in [1.29, 1.82) is 0 Å². The fourth-order valence-corrected chi connectivity index (χ4v) is 3.80. The topological polar surface area (TPSA) is 61.9 Å². The predicted octanol–water partition coefficient (Wildman–Crippen LogP) is 2.70. The number of amides is 1. The van der Waals surface area contributed by atoms with Crippen LogP contribution in [0, 0.1) is 0 Å². The third-order valence-corrected chi connectivity index (χ3v) is 5.09. The maximum Gasteiger partial charge on any atom is 0.255 e. The Bertz CT molecular complexity index is 695. The van der Waals surface area contributed by atoms with E-state index in [4.69, 9.17) is 0 Å². The zero-order chi connectivity index (χ0) is 15.6. The molecule has 0 bridgehead atoms. The van der Waals surface area contributed by atoms with Crippen LogP contribution in [0.2, 0.25) is 0 Å². The van der Waals surface area contributed by atoms with Gasteiger partial charge in [0.25, 0.3) is 5.91 Å². The summed E-state index contributed by atoms with van der Waals surface area (Å²) >= 11 is 0. The van der Waals surface area contributed by atoms with Gasteiger partial charge in [-0.15, -0.1) is 0 Å². The first-order valence-corrected chi connectivity index (χ1v) is 8.57. The summed E-state index contributed by atoms with van der Waals surface area (Å²) in [7, 11) is 0. The second kappa shape index (κ2) is 6.14. The molecule has 3 heterocycles. The summed E-state index contributed by atoms with van der Waals surface area (Å²) < 4.78 is 0. The largest absolute Gasteiger partial charge is 0.338 e. The SMILES string of the molecule is O=C(c1cnc2c(c1)CCCC2)N1CCCC(c2ccn[nH]2)C1. The summed E-state index contributed by atoms with van der Waals surface area (Å²) in [6.45, 7) is 1.60. The first-order chi connectivity index (χ1) is 11.3. The van der Waals surface area contributed by atoms with Crippen molar-refractivity contribution < 1.29 is 4.79 Å². The Morgan fingerprint density at radius 1 is 1.26 bits per heavy atom. The minimum atomic E-state index is 0.120. The van der Waals surface area contributed by atoms with Crippen molar-refractivity contribution in [2.75, 3.05) is 13.1 Å². The number of nitrogens with zero attached hydrogens (tertiary/aromatic N) is 3. The van der Waals surface area contributed by atoms with Crippen LogP contribution >= 0.6 is 0 Å². The van der Waals surface area contributed by atoms with Gasteiger partial charge in [-0.25, -0.2) is 0 Å². The molecule has 1 unspecified atom stereocenters. The zero-order valence-electron chi connectivity index (χ0n) is 13.3. The van der Waals surface area contributed by atoms with Gasteiger partial charge in [-0.3, -0.25) is 14.9 Å². The number of rotatable bonds is 2. The average molecular weight is 310 g/mol. The molecule has 1 aliphatic carbocycles. The monoisotopic (exact) mass is 310 g/mol. The van der Waals surface area contributed by atoms with Crippen molar-refractivity contribution >= 4 is 5.91 Å². The molecule has 1 aliphatic heterocycles. The fourth-order valence-electron chi connectivity index (χ4n) is 3.80. The number of aromatic amines is 1. The maximum absolute atomic E-state index is 12.9. The summed E-state index contributed by atoms with van der Waals surface area (Å²) in [6, 6.07) is 4.09. The molecule has 2 aromatic rings. The van der Waals surface area contributed by atoms with Crippen molar-refractivity contribution in [3.63, 3.8) is 0 Å². The van der Waals surface area contributed by atoms with Crippen LogP contribution in [0.5, 0.6) is 0 Å². The highest BCUT2D eigenvalue weighted by Gasteiger charge is 2.27. The maximum atomic E-state index is 12.9. The Morgan fingerprint density at radius 3 is 3.04 bits per heavy atom. The number of aryl methyl sites for hydroxylation is 2. The molecule has 5 heteroatoms. The molecule has 1 amide bonds. The Morgan fingerprint density at radius 2 is 2.17 bits per heavy atom. The molecule has 1 N–H and O–H groups in total. The molecule has 0 aromatic carbocycles. The minimum absolute atomic E-state index is 0.120. The number of aromatic nitrogens is 3. The molecule has 4 rings (SSSR count). The smallest absolute Gasteiger partial charge is 0.255 e. The molecule has 1 saturated heterocycles. The number of fused-ring (bicyclic) bond motifs is 1. The summed E-state index contributed by atoms with van der Waals surface area (Å²) in [5.41, 5.74) is 4.33. The number of carbonyl (C=O) groups is 1.